The van der Waals surface area contributed by atoms with Crippen molar-refractivity contribution >= 4 is 11.8 Å². The summed E-state index contributed by atoms with van der Waals surface area (Å²) in [5.41, 5.74) is 1.06. The molecule has 3 heterocycles. The van der Waals surface area contributed by atoms with Crippen LogP contribution in [-0.2, 0) is 17.7 Å². The van der Waals surface area contributed by atoms with Crippen molar-refractivity contribution in [1.82, 2.24) is 9.55 Å². The highest BCUT2D eigenvalue weighted by Crippen LogP contribution is 2.36. The minimum atomic E-state index is -4.86. The van der Waals surface area contributed by atoms with E-state index in [1.807, 2.05) is 4.90 Å². The topological polar surface area (TPSA) is 56.6 Å². The second-order valence-corrected chi connectivity index (χ2v) is 9.44. The van der Waals surface area contributed by atoms with Gasteiger partial charge in [-0.05, 0) is 57.0 Å². The Hall–Kier alpha value is -3.63. The number of benzene rings is 1. The van der Waals surface area contributed by atoms with Crippen LogP contribution in [0.15, 0.2) is 36.5 Å². The van der Waals surface area contributed by atoms with Crippen molar-refractivity contribution in [1.29, 1.82) is 0 Å². The molecule has 36 heavy (non-hydrogen) atoms. The third kappa shape index (κ3) is 5.29. The highest BCUT2D eigenvalue weighted by molar-refractivity contribution is 5.81. The Bertz CT molecular complexity index is 1290. The van der Waals surface area contributed by atoms with E-state index in [1.165, 1.54) is 29.0 Å². The number of aromatic nitrogens is 2. The van der Waals surface area contributed by atoms with Crippen molar-refractivity contribution in [3.63, 3.8) is 0 Å². The molecule has 0 fully saturated rings. The first-order chi connectivity index (χ1) is 16.7. The number of fused-ring (bicyclic) bond motifs is 1. The lowest BCUT2D eigenvalue weighted by molar-refractivity contribution is -0.276. The fraction of sp³-hybridized carbons (Fsp3) is 0.360. The number of halogens is 5. The van der Waals surface area contributed by atoms with Gasteiger partial charge < -0.3 is 14.4 Å². The van der Waals surface area contributed by atoms with Gasteiger partial charge in [-0.1, -0.05) is 6.07 Å². The number of rotatable bonds is 3. The van der Waals surface area contributed by atoms with Crippen LogP contribution in [0, 0.1) is 18.6 Å². The predicted molar refractivity (Wildman–Crippen MR) is 122 cm³/mol. The van der Waals surface area contributed by atoms with Gasteiger partial charge in [0.1, 0.15) is 17.2 Å². The van der Waals surface area contributed by atoms with Crippen LogP contribution in [0.5, 0.6) is 5.88 Å². The zero-order valence-corrected chi connectivity index (χ0v) is 20.0. The summed E-state index contributed by atoms with van der Waals surface area (Å²) in [6, 6.07) is 6.17. The van der Waals surface area contributed by atoms with Gasteiger partial charge in [0.05, 0.1) is 23.1 Å². The maximum absolute atomic E-state index is 14.7. The molecule has 0 saturated heterocycles. The number of aryl methyl sites for hydroxylation is 1. The Morgan fingerprint density at radius 1 is 1.08 bits per heavy atom. The van der Waals surface area contributed by atoms with Crippen molar-refractivity contribution < 1.29 is 36.2 Å². The van der Waals surface area contributed by atoms with Gasteiger partial charge in [0.25, 0.3) is 0 Å². The monoisotopic (exact) mass is 509 g/mol. The number of anilines is 1. The molecular formula is C25H24F5N3O3. The first-order valence-corrected chi connectivity index (χ1v) is 11.1. The molecule has 0 N–H and O–H groups in total. The lowest BCUT2D eigenvalue weighted by atomic mass is 10.1. The first kappa shape index (κ1) is 25.5. The fourth-order valence-corrected chi connectivity index (χ4v) is 4.21. The second kappa shape index (κ2) is 9.11. The molecule has 0 saturated carbocycles. The van der Waals surface area contributed by atoms with E-state index in [2.05, 4.69) is 9.72 Å². The van der Waals surface area contributed by atoms with Gasteiger partial charge in [-0.15, -0.1) is 13.2 Å². The van der Waals surface area contributed by atoms with Crippen LogP contribution in [-0.4, -0.2) is 34.2 Å². The lowest BCUT2D eigenvalue weighted by Crippen LogP contribution is -2.34. The van der Waals surface area contributed by atoms with Crippen molar-refractivity contribution in [3.05, 3.63) is 65.0 Å². The third-order valence-electron chi connectivity index (χ3n) is 5.59. The zero-order valence-electron chi connectivity index (χ0n) is 20.0. The van der Waals surface area contributed by atoms with Crippen LogP contribution >= 0.6 is 0 Å². The zero-order chi connectivity index (χ0) is 26.4. The average molecular weight is 509 g/mol. The van der Waals surface area contributed by atoms with Crippen molar-refractivity contribution in [3.8, 4) is 17.1 Å². The van der Waals surface area contributed by atoms with Crippen molar-refractivity contribution in [2.24, 2.45) is 0 Å². The average Bonchev–Trinajstić information content (AvgIpc) is 3.09. The van der Waals surface area contributed by atoms with E-state index in [0.29, 0.717) is 35.5 Å². The second-order valence-electron chi connectivity index (χ2n) is 9.44. The van der Waals surface area contributed by atoms with Crippen LogP contribution in [0.4, 0.5) is 32.4 Å². The number of hydrogen-bond donors (Lipinski definition) is 0. The van der Waals surface area contributed by atoms with Gasteiger partial charge in [0.2, 0.25) is 5.88 Å². The van der Waals surface area contributed by atoms with E-state index in [-0.39, 0.29) is 17.8 Å². The summed E-state index contributed by atoms with van der Waals surface area (Å²) < 4.78 is 77.6. The lowest BCUT2D eigenvalue weighted by Gasteiger charge is -2.31. The minimum absolute atomic E-state index is 0.0236. The van der Waals surface area contributed by atoms with E-state index in [0.717, 1.165) is 12.1 Å². The third-order valence-corrected chi connectivity index (χ3v) is 5.59. The number of ether oxygens (including phenoxy) is 2. The number of carbonyl (C=O) groups excluding carboxylic acids is 1. The van der Waals surface area contributed by atoms with Gasteiger partial charge in [-0.2, -0.15) is 0 Å². The SMILES string of the molecule is Cc1cc(OC(F)(F)F)ncc1N1CCc2c(cc(-c3c(F)cccc3F)n2C(=O)OC(C)(C)C)C1. The molecule has 11 heteroatoms. The van der Waals surface area contributed by atoms with Crippen molar-refractivity contribution in [2.75, 3.05) is 11.4 Å². The molecule has 0 unspecified atom stereocenters. The summed E-state index contributed by atoms with van der Waals surface area (Å²) in [4.78, 5) is 18.8. The molecule has 6 nitrogen and oxygen atoms in total. The Morgan fingerprint density at radius 2 is 1.75 bits per heavy atom. The minimum Gasteiger partial charge on any atom is -0.443 e. The first-order valence-electron chi connectivity index (χ1n) is 11.1. The molecule has 1 aromatic carbocycles. The van der Waals surface area contributed by atoms with Gasteiger partial charge in [-0.25, -0.2) is 23.1 Å². The number of alkyl halides is 3. The number of pyridine rings is 1. The molecule has 3 aromatic rings. The maximum Gasteiger partial charge on any atom is 0.574 e. The Balaban J connectivity index is 1.74. The van der Waals surface area contributed by atoms with E-state index in [1.54, 1.807) is 27.7 Å². The number of nitrogens with zero attached hydrogens (tertiary/aromatic N) is 3. The van der Waals surface area contributed by atoms with E-state index in [4.69, 9.17) is 4.74 Å². The van der Waals surface area contributed by atoms with Gasteiger partial charge >= 0.3 is 12.5 Å². The van der Waals surface area contributed by atoms with Crippen LogP contribution < -0.4 is 9.64 Å². The summed E-state index contributed by atoms with van der Waals surface area (Å²) in [6.07, 6.45) is -4.03. The summed E-state index contributed by atoms with van der Waals surface area (Å²) >= 11 is 0. The smallest absolute Gasteiger partial charge is 0.443 e. The van der Waals surface area contributed by atoms with E-state index >= 15 is 0 Å². The van der Waals surface area contributed by atoms with Crippen LogP contribution in [0.25, 0.3) is 11.3 Å². The van der Waals surface area contributed by atoms with Gasteiger partial charge in [-0.3, -0.25) is 0 Å². The van der Waals surface area contributed by atoms with Gasteiger partial charge in [0.15, 0.2) is 0 Å². The quantitative estimate of drug-likeness (QED) is 0.384. The Labute approximate surface area is 204 Å². The molecule has 192 valence electrons. The molecule has 1 aliphatic rings. The van der Waals surface area contributed by atoms with Gasteiger partial charge in [0, 0.05) is 31.3 Å². The molecule has 0 radical (unpaired) electrons. The normalized spacial score (nSPS) is 14.0. The Kier molecular flexibility index (Phi) is 6.44. The molecule has 1 aliphatic heterocycles. The number of carbonyl (C=O) groups is 1. The maximum atomic E-state index is 14.7. The van der Waals surface area contributed by atoms with E-state index < -0.39 is 35.6 Å². The molecule has 2 aromatic heterocycles. The predicted octanol–water partition coefficient (Wildman–Crippen LogP) is 6.38. The van der Waals surface area contributed by atoms with Crippen LogP contribution in [0.2, 0.25) is 0 Å². The van der Waals surface area contributed by atoms with E-state index in [9.17, 15) is 26.7 Å². The molecular weight excluding hydrogens is 485 g/mol. The fourth-order valence-electron chi connectivity index (χ4n) is 4.21. The van der Waals surface area contributed by atoms with Crippen LogP contribution in [0.3, 0.4) is 0 Å². The summed E-state index contributed by atoms with van der Waals surface area (Å²) in [7, 11) is 0. The largest absolute Gasteiger partial charge is 0.574 e. The summed E-state index contributed by atoms with van der Waals surface area (Å²) in [5, 5.41) is 0. The summed E-state index contributed by atoms with van der Waals surface area (Å²) in [5.74, 6) is -2.23. The highest BCUT2D eigenvalue weighted by Gasteiger charge is 2.33. The highest BCUT2D eigenvalue weighted by atomic mass is 19.4. The molecule has 0 amide bonds. The molecule has 0 atom stereocenters. The Morgan fingerprint density at radius 3 is 2.33 bits per heavy atom. The number of hydrogen-bond acceptors (Lipinski definition) is 5. The molecule has 0 spiro atoms. The van der Waals surface area contributed by atoms with Crippen LogP contribution in [0.1, 0.15) is 37.6 Å². The standard InChI is InChI=1S/C25H24F5N3O3/c1-14-10-21(35-25(28,29)30)31-12-20(14)32-9-8-18-15(13-32)11-19(22-16(26)6-5-7-17(22)27)33(18)23(34)36-24(2,3)4/h5-7,10-12H,8-9,13H2,1-4H3. The van der Waals surface area contributed by atoms with Crippen molar-refractivity contribution in [2.45, 2.75) is 52.6 Å². The molecule has 4 rings (SSSR count). The summed E-state index contributed by atoms with van der Waals surface area (Å²) in [6.45, 7) is 7.30. The molecule has 0 aliphatic carbocycles. The molecule has 0 bridgehead atoms.